The summed E-state index contributed by atoms with van der Waals surface area (Å²) in [6.07, 6.45) is -4.89. The maximum Gasteiger partial charge on any atom is 0.403 e. The van der Waals surface area contributed by atoms with E-state index in [0.29, 0.717) is 0 Å². The highest BCUT2D eigenvalue weighted by atomic mass is 35.5. The smallest absolute Gasteiger partial charge is 0.403 e. The molecule has 0 fully saturated rings. The van der Waals surface area contributed by atoms with E-state index in [1.807, 2.05) is 0 Å². The summed E-state index contributed by atoms with van der Waals surface area (Å²) in [7, 11) is 0. The summed E-state index contributed by atoms with van der Waals surface area (Å²) < 4.78 is 49.8. The van der Waals surface area contributed by atoms with Crippen molar-refractivity contribution < 1.29 is 27.5 Å². The van der Waals surface area contributed by atoms with E-state index in [-0.39, 0.29) is 10.7 Å². The molecule has 100 valence electrons. The SMILES string of the molecule is O=C(O)C(CNc1cc(F)ccc1Cl)C(F)(F)F. The molecule has 1 atom stereocenters. The van der Waals surface area contributed by atoms with Crippen LogP contribution in [0.1, 0.15) is 0 Å². The first-order valence-corrected chi connectivity index (χ1v) is 5.08. The molecule has 0 aliphatic rings. The summed E-state index contributed by atoms with van der Waals surface area (Å²) >= 11 is 5.62. The van der Waals surface area contributed by atoms with Crippen molar-refractivity contribution in [2.24, 2.45) is 5.92 Å². The van der Waals surface area contributed by atoms with Crippen molar-refractivity contribution in [2.75, 3.05) is 11.9 Å². The number of benzene rings is 1. The molecule has 8 heteroatoms. The van der Waals surface area contributed by atoms with E-state index in [9.17, 15) is 22.4 Å². The van der Waals surface area contributed by atoms with E-state index in [4.69, 9.17) is 16.7 Å². The molecule has 2 N–H and O–H groups in total. The standard InChI is InChI=1S/C10H8ClF4NO2/c11-7-2-1-5(12)3-8(7)16-4-6(9(17)18)10(13,14)15/h1-3,6,16H,4H2,(H,17,18). The second-order valence-corrected chi connectivity index (χ2v) is 3.84. The fourth-order valence-electron chi connectivity index (χ4n) is 1.19. The molecule has 0 aliphatic heterocycles. The van der Waals surface area contributed by atoms with E-state index < -0.39 is 30.4 Å². The maximum atomic E-state index is 12.8. The number of rotatable bonds is 4. The Kier molecular flexibility index (Phi) is 4.39. The van der Waals surface area contributed by atoms with Gasteiger partial charge in [-0.2, -0.15) is 13.2 Å². The van der Waals surface area contributed by atoms with E-state index in [2.05, 4.69) is 5.32 Å². The average molecular weight is 286 g/mol. The molecule has 0 aliphatic carbocycles. The first-order valence-electron chi connectivity index (χ1n) is 4.70. The van der Waals surface area contributed by atoms with Crippen LogP contribution in [0.3, 0.4) is 0 Å². The number of aliphatic carboxylic acids is 1. The molecule has 0 bridgehead atoms. The van der Waals surface area contributed by atoms with E-state index in [1.54, 1.807) is 0 Å². The maximum absolute atomic E-state index is 12.8. The van der Waals surface area contributed by atoms with Crippen LogP contribution >= 0.6 is 11.6 Å². The summed E-state index contributed by atoms with van der Waals surface area (Å²) in [5.74, 6) is -5.29. The van der Waals surface area contributed by atoms with Gasteiger partial charge in [-0.05, 0) is 18.2 Å². The van der Waals surface area contributed by atoms with Crippen LogP contribution in [0.5, 0.6) is 0 Å². The van der Waals surface area contributed by atoms with E-state index in [1.165, 1.54) is 0 Å². The van der Waals surface area contributed by atoms with Crippen LogP contribution in [0.15, 0.2) is 18.2 Å². The van der Waals surface area contributed by atoms with Crippen LogP contribution in [-0.2, 0) is 4.79 Å². The molecule has 0 saturated heterocycles. The monoisotopic (exact) mass is 285 g/mol. The second-order valence-electron chi connectivity index (χ2n) is 3.44. The van der Waals surface area contributed by atoms with Crippen LogP contribution in [-0.4, -0.2) is 23.8 Å². The number of nitrogens with one attached hydrogen (secondary N) is 1. The van der Waals surface area contributed by atoms with Gasteiger partial charge in [0.2, 0.25) is 0 Å². The zero-order valence-corrected chi connectivity index (χ0v) is 9.52. The molecule has 1 aromatic carbocycles. The Morgan fingerprint density at radius 1 is 1.44 bits per heavy atom. The molecule has 1 unspecified atom stereocenters. The number of hydrogen-bond donors (Lipinski definition) is 2. The molecule has 0 spiro atoms. The second kappa shape index (κ2) is 5.43. The Labute approximate surface area is 104 Å². The van der Waals surface area contributed by atoms with Crippen LogP contribution in [0, 0.1) is 11.7 Å². The van der Waals surface area contributed by atoms with Gasteiger partial charge in [-0.15, -0.1) is 0 Å². The fraction of sp³-hybridized carbons (Fsp3) is 0.300. The third-order valence-corrected chi connectivity index (χ3v) is 2.45. The number of anilines is 1. The Balaban J connectivity index is 2.79. The Bertz CT molecular complexity index is 450. The predicted octanol–water partition coefficient (Wildman–Crippen LogP) is 3.15. The lowest BCUT2D eigenvalue weighted by Crippen LogP contribution is -2.36. The van der Waals surface area contributed by atoms with Crippen molar-refractivity contribution in [1.82, 2.24) is 0 Å². The molecule has 3 nitrogen and oxygen atoms in total. The van der Waals surface area contributed by atoms with Crippen LogP contribution in [0.25, 0.3) is 0 Å². The van der Waals surface area contributed by atoms with Crippen LogP contribution < -0.4 is 5.32 Å². The van der Waals surface area contributed by atoms with Gasteiger partial charge in [-0.25, -0.2) is 4.39 Å². The average Bonchev–Trinajstić information content (AvgIpc) is 2.20. The molecule has 1 rings (SSSR count). The Morgan fingerprint density at radius 2 is 2.06 bits per heavy atom. The highest BCUT2D eigenvalue weighted by Gasteiger charge is 2.44. The van der Waals surface area contributed by atoms with Crippen molar-refractivity contribution >= 4 is 23.3 Å². The number of carboxylic acids is 1. The quantitative estimate of drug-likeness (QED) is 0.836. The van der Waals surface area contributed by atoms with Crippen molar-refractivity contribution in [2.45, 2.75) is 6.18 Å². The van der Waals surface area contributed by atoms with Gasteiger partial charge in [-0.3, -0.25) is 4.79 Å². The van der Waals surface area contributed by atoms with Crippen LogP contribution in [0.2, 0.25) is 5.02 Å². The first kappa shape index (κ1) is 14.6. The topological polar surface area (TPSA) is 49.3 Å². The van der Waals surface area contributed by atoms with Crippen molar-refractivity contribution in [3.63, 3.8) is 0 Å². The van der Waals surface area contributed by atoms with Gasteiger partial charge in [0, 0.05) is 6.54 Å². The van der Waals surface area contributed by atoms with Crippen molar-refractivity contribution in [3.8, 4) is 0 Å². The fourth-order valence-corrected chi connectivity index (χ4v) is 1.37. The number of hydrogen-bond acceptors (Lipinski definition) is 2. The number of alkyl halides is 3. The molecule has 18 heavy (non-hydrogen) atoms. The lowest BCUT2D eigenvalue weighted by molar-refractivity contribution is -0.190. The highest BCUT2D eigenvalue weighted by molar-refractivity contribution is 6.33. The van der Waals surface area contributed by atoms with E-state index >= 15 is 0 Å². The highest BCUT2D eigenvalue weighted by Crippen LogP contribution is 2.28. The van der Waals surface area contributed by atoms with Gasteiger partial charge in [0.05, 0.1) is 10.7 Å². The summed E-state index contributed by atoms with van der Waals surface area (Å²) in [4.78, 5) is 10.5. The first-order chi connectivity index (χ1) is 8.21. The van der Waals surface area contributed by atoms with Gasteiger partial charge in [0.1, 0.15) is 5.82 Å². The summed E-state index contributed by atoms with van der Waals surface area (Å²) in [6, 6.07) is 3.08. The minimum Gasteiger partial charge on any atom is -0.481 e. The van der Waals surface area contributed by atoms with Gasteiger partial charge in [0.15, 0.2) is 5.92 Å². The number of carbonyl (C=O) groups is 1. The lowest BCUT2D eigenvalue weighted by atomic mass is 10.1. The van der Waals surface area contributed by atoms with Crippen molar-refractivity contribution in [3.05, 3.63) is 29.0 Å². The predicted molar refractivity (Wildman–Crippen MR) is 57.1 cm³/mol. The molecular formula is C10H8ClF4NO2. The lowest BCUT2D eigenvalue weighted by Gasteiger charge is -2.17. The molecule has 0 saturated carbocycles. The number of halogens is 5. The zero-order chi connectivity index (χ0) is 13.9. The van der Waals surface area contributed by atoms with Gasteiger partial charge >= 0.3 is 12.1 Å². The minimum absolute atomic E-state index is 0.00251. The van der Waals surface area contributed by atoms with Gasteiger partial charge in [0.25, 0.3) is 0 Å². The summed E-state index contributed by atoms with van der Waals surface area (Å²) in [5.41, 5.74) is -0.0906. The molecule has 0 aromatic heterocycles. The molecule has 0 radical (unpaired) electrons. The molecule has 0 heterocycles. The third-order valence-electron chi connectivity index (χ3n) is 2.12. The largest absolute Gasteiger partial charge is 0.481 e. The summed E-state index contributed by atoms with van der Waals surface area (Å²) in [6.45, 7) is -0.929. The zero-order valence-electron chi connectivity index (χ0n) is 8.76. The van der Waals surface area contributed by atoms with Gasteiger partial charge < -0.3 is 10.4 Å². The molecule has 0 amide bonds. The third kappa shape index (κ3) is 3.76. The molecular weight excluding hydrogens is 278 g/mol. The van der Waals surface area contributed by atoms with Crippen molar-refractivity contribution in [1.29, 1.82) is 0 Å². The van der Waals surface area contributed by atoms with Crippen LogP contribution in [0.4, 0.5) is 23.2 Å². The number of carboxylic acid groups (broad SMARTS) is 1. The Hall–Kier alpha value is -1.50. The van der Waals surface area contributed by atoms with E-state index in [0.717, 1.165) is 18.2 Å². The Morgan fingerprint density at radius 3 is 2.56 bits per heavy atom. The normalized spacial score (nSPS) is 13.2. The summed E-state index contributed by atoms with van der Waals surface area (Å²) in [5, 5.41) is 10.6. The minimum atomic E-state index is -4.89. The molecule has 1 aromatic rings. The van der Waals surface area contributed by atoms with Gasteiger partial charge in [-0.1, -0.05) is 11.6 Å².